The molecule has 1 N–H and O–H groups in total. The van der Waals surface area contributed by atoms with Gasteiger partial charge in [-0.15, -0.1) is 0 Å². The summed E-state index contributed by atoms with van der Waals surface area (Å²) < 4.78 is 5.19. The molecule has 0 saturated carbocycles. The zero-order valence-electron chi connectivity index (χ0n) is 14.5. The van der Waals surface area contributed by atoms with Crippen LogP contribution in [0.1, 0.15) is 25.8 Å². The molecular formula is C18H29N3O2. The van der Waals surface area contributed by atoms with Crippen LogP contribution in [0.15, 0.2) is 24.3 Å². The summed E-state index contributed by atoms with van der Waals surface area (Å²) in [6.07, 6.45) is 0.974. The van der Waals surface area contributed by atoms with E-state index in [1.807, 2.05) is 19.1 Å². The summed E-state index contributed by atoms with van der Waals surface area (Å²) in [4.78, 5) is 16.6. The lowest BCUT2D eigenvalue weighted by molar-refractivity contribution is -0.123. The Labute approximate surface area is 139 Å². The quantitative estimate of drug-likeness (QED) is 0.831. The highest BCUT2D eigenvalue weighted by atomic mass is 16.5. The monoisotopic (exact) mass is 319 g/mol. The van der Waals surface area contributed by atoms with Crippen molar-refractivity contribution >= 4 is 5.91 Å². The van der Waals surface area contributed by atoms with Crippen LogP contribution in [0.2, 0.25) is 0 Å². The molecule has 2 rings (SSSR count). The number of carbonyl (C=O) groups is 1. The molecule has 1 saturated heterocycles. The van der Waals surface area contributed by atoms with E-state index in [0.29, 0.717) is 6.54 Å². The van der Waals surface area contributed by atoms with E-state index in [-0.39, 0.29) is 11.9 Å². The molecule has 0 unspecified atom stereocenters. The average molecular weight is 319 g/mol. The summed E-state index contributed by atoms with van der Waals surface area (Å²) in [6, 6.07) is 8.50. The van der Waals surface area contributed by atoms with Gasteiger partial charge in [-0.2, -0.15) is 0 Å². The first-order valence-corrected chi connectivity index (χ1v) is 8.47. The molecule has 1 aromatic rings. The van der Waals surface area contributed by atoms with Crippen LogP contribution < -0.4 is 10.1 Å². The Morgan fingerprint density at radius 1 is 1.17 bits per heavy atom. The van der Waals surface area contributed by atoms with Crippen LogP contribution in [0.3, 0.4) is 0 Å². The number of nitrogens with one attached hydrogen (secondary N) is 1. The predicted octanol–water partition coefficient (Wildman–Crippen LogP) is 1.73. The summed E-state index contributed by atoms with van der Waals surface area (Å²) in [7, 11) is 1.69. The number of amides is 1. The van der Waals surface area contributed by atoms with E-state index in [1.54, 1.807) is 7.11 Å². The maximum Gasteiger partial charge on any atom is 0.234 e. The minimum absolute atomic E-state index is 0.142. The molecule has 128 valence electrons. The van der Waals surface area contributed by atoms with Crippen molar-refractivity contribution in [3.63, 3.8) is 0 Å². The molecule has 0 spiro atoms. The number of hydrogen-bond donors (Lipinski definition) is 1. The molecule has 1 amide bonds. The highest BCUT2D eigenvalue weighted by Crippen LogP contribution is 2.14. The molecular weight excluding hydrogens is 290 g/mol. The normalized spacial score (nSPS) is 17.7. The van der Waals surface area contributed by atoms with Crippen LogP contribution in [0.25, 0.3) is 0 Å². The summed E-state index contributed by atoms with van der Waals surface area (Å²) in [5.74, 6) is 1.04. The van der Waals surface area contributed by atoms with E-state index in [4.69, 9.17) is 4.74 Å². The smallest absolute Gasteiger partial charge is 0.234 e. The molecule has 0 aromatic heterocycles. The number of benzene rings is 1. The van der Waals surface area contributed by atoms with Crippen molar-refractivity contribution < 1.29 is 9.53 Å². The fourth-order valence-corrected chi connectivity index (χ4v) is 2.72. The summed E-state index contributed by atoms with van der Waals surface area (Å²) in [5.41, 5.74) is 1.30. The van der Waals surface area contributed by atoms with Gasteiger partial charge < -0.3 is 10.1 Å². The lowest BCUT2D eigenvalue weighted by Crippen LogP contribution is -2.49. The van der Waals surface area contributed by atoms with Crippen molar-refractivity contribution in [3.8, 4) is 5.75 Å². The number of carbonyl (C=O) groups excluding carboxylic acids is 1. The molecule has 0 bridgehead atoms. The van der Waals surface area contributed by atoms with E-state index in [0.717, 1.165) is 44.9 Å². The largest absolute Gasteiger partial charge is 0.497 e. The highest BCUT2D eigenvalue weighted by molar-refractivity contribution is 5.78. The van der Waals surface area contributed by atoms with Crippen molar-refractivity contribution in [2.75, 3.05) is 39.8 Å². The summed E-state index contributed by atoms with van der Waals surface area (Å²) in [6.45, 7) is 9.50. The van der Waals surface area contributed by atoms with Crippen LogP contribution in [0.5, 0.6) is 5.75 Å². The topological polar surface area (TPSA) is 44.8 Å². The fourth-order valence-electron chi connectivity index (χ4n) is 2.72. The van der Waals surface area contributed by atoms with E-state index in [1.165, 1.54) is 5.56 Å². The van der Waals surface area contributed by atoms with Gasteiger partial charge >= 0.3 is 0 Å². The third-order valence-electron chi connectivity index (χ3n) is 4.42. The first-order valence-electron chi connectivity index (χ1n) is 8.47. The SMILES string of the molecule is CC[C@H](C)NC(=O)CN1CCN(Cc2ccc(OC)cc2)CC1. The number of rotatable bonds is 7. The van der Waals surface area contributed by atoms with Gasteiger partial charge in [-0.3, -0.25) is 14.6 Å². The Hall–Kier alpha value is -1.59. The maximum absolute atomic E-state index is 11.9. The second kappa shape index (κ2) is 8.89. The zero-order valence-corrected chi connectivity index (χ0v) is 14.5. The second-order valence-corrected chi connectivity index (χ2v) is 6.28. The Morgan fingerprint density at radius 2 is 1.78 bits per heavy atom. The molecule has 1 fully saturated rings. The van der Waals surface area contributed by atoms with Gasteiger partial charge in [-0.1, -0.05) is 19.1 Å². The Kier molecular flexibility index (Phi) is 6.86. The predicted molar refractivity (Wildman–Crippen MR) is 92.6 cm³/mol. The van der Waals surface area contributed by atoms with E-state index < -0.39 is 0 Å². The summed E-state index contributed by atoms with van der Waals surface area (Å²) in [5, 5.41) is 3.03. The highest BCUT2D eigenvalue weighted by Gasteiger charge is 2.19. The zero-order chi connectivity index (χ0) is 16.7. The van der Waals surface area contributed by atoms with Crippen molar-refractivity contribution in [1.82, 2.24) is 15.1 Å². The molecule has 1 aliphatic heterocycles. The van der Waals surface area contributed by atoms with Gasteiger partial charge in [-0.25, -0.2) is 0 Å². The molecule has 1 aromatic carbocycles. The minimum atomic E-state index is 0.142. The van der Waals surface area contributed by atoms with E-state index >= 15 is 0 Å². The Morgan fingerprint density at radius 3 is 2.35 bits per heavy atom. The molecule has 1 atom stereocenters. The average Bonchev–Trinajstić information content (AvgIpc) is 2.57. The molecule has 5 heteroatoms. The van der Waals surface area contributed by atoms with E-state index in [9.17, 15) is 4.79 Å². The van der Waals surface area contributed by atoms with Crippen molar-refractivity contribution in [2.45, 2.75) is 32.9 Å². The third kappa shape index (κ3) is 5.84. The van der Waals surface area contributed by atoms with Crippen molar-refractivity contribution in [1.29, 1.82) is 0 Å². The van der Waals surface area contributed by atoms with Crippen LogP contribution in [0, 0.1) is 0 Å². The molecule has 1 aliphatic rings. The minimum Gasteiger partial charge on any atom is -0.497 e. The number of methoxy groups -OCH3 is 1. The van der Waals surface area contributed by atoms with Gasteiger partial charge in [0, 0.05) is 38.8 Å². The van der Waals surface area contributed by atoms with Gasteiger partial charge in [0.2, 0.25) is 5.91 Å². The lowest BCUT2D eigenvalue weighted by Gasteiger charge is -2.34. The lowest BCUT2D eigenvalue weighted by atomic mass is 10.2. The van der Waals surface area contributed by atoms with Gasteiger partial charge in [0.1, 0.15) is 5.75 Å². The van der Waals surface area contributed by atoms with Crippen molar-refractivity contribution in [3.05, 3.63) is 29.8 Å². The van der Waals surface area contributed by atoms with Gasteiger partial charge in [0.05, 0.1) is 13.7 Å². The van der Waals surface area contributed by atoms with Crippen LogP contribution in [0.4, 0.5) is 0 Å². The third-order valence-corrected chi connectivity index (χ3v) is 4.42. The summed E-state index contributed by atoms with van der Waals surface area (Å²) >= 11 is 0. The Bertz CT molecular complexity index is 482. The van der Waals surface area contributed by atoms with Gasteiger partial charge in [-0.05, 0) is 31.0 Å². The maximum atomic E-state index is 11.9. The number of piperazine rings is 1. The first kappa shape index (κ1) is 17.8. The molecule has 5 nitrogen and oxygen atoms in total. The standard InChI is InChI=1S/C18H29N3O2/c1-4-15(2)19-18(22)14-21-11-9-20(10-12-21)13-16-5-7-17(23-3)8-6-16/h5-8,15H,4,9-14H2,1-3H3,(H,19,22)/t15-/m0/s1. The second-order valence-electron chi connectivity index (χ2n) is 6.28. The van der Waals surface area contributed by atoms with Gasteiger partial charge in [0.25, 0.3) is 0 Å². The van der Waals surface area contributed by atoms with E-state index in [2.05, 4.69) is 34.2 Å². The first-order chi connectivity index (χ1) is 11.1. The molecule has 0 radical (unpaired) electrons. The fraction of sp³-hybridized carbons (Fsp3) is 0.611. The van der Waals surface area contributed by atoms with Crippen LogP contribution >= 0.6 is 0 Å². The van der Waals surface area contributed by atoms with Crippen LogP contribution in [-0.2, 0) is 11.3 Å². The molecule has 1 heterocycles. The van der Waals surface area contributed by atoms with Gasteiger partial charge in [0.15, 0.2) is 0 Å². The molecule has 0 aliphatic carbocycles. The number of nitrogens with zero attached hydrogens (tertiary/aromatic N) is 2. The van der Waals surface area contributed by atoms with Crippen LogP contribution in [-0.4, -0.2) is 61.6 Å². The number of ether oxygens (including phenoxy) is 1. The Balaban J connectivity index is 1.72. The molecule has 23 heavy (non-hydrogen) atoms. The van der Waals surface area contributed by atoms with Crippen molar-refractivity contribution in [2.24, 2.45) is 0 Å². The number of hydrogen-bond acceptors (Lipinski definition) is 4.